The smallest absolute Gasteiger partial charge is 0.336 e. The Hall–Kier alpha value is -2.61. The number of carboxylic acids is 1. The van der Waals surface area contributed by atoms with E-state index in [2.05, 4.69) is 6.07 Å². The highest BCUT2D eigenvalue weighted by atomic mass is 16.4. The van der Waals surface area contributed by atoms with E-state index in [-0.39, 0.29) is 0 Å². The molecule has 3 aromatic rings. The van der Waals surface area contributed by atoms with Crippen LogP contribution in [0.1, 0.15) is 10.4 Å². The minimum atomic E-state index is -0.910. The van der Waals surface area contributed by atoms with Crippen molar-refractivity contribution in [3.63, 3.8) is 0 Å². The monoisotopic (exact) mass is 247 g/mol. The average molecular weight is 247 g/mol. The van der Waals surface area contributed by atoms with Crippen LogP contribution >= 0.6 is 0 Å². The molecule has 0 fully saturated rings. The fourth-order valence-electron chi connectivity index (χ4n) is 2.29. The fraction of sp³-hybridized carbons (Fsp3) is 0. The van der Waals surface area contributed by atoms with Gasteiger partial charge in [-0.15, -0.1) is 0 Å². The molecule has 1 radical (unpaired) electrons. The molecular formula is C17H11O2. The van der Waals surface area contributed by atoms with Gasteiger partial charge in [0.05, 0.1) is 5.56 Å². The highest BCUT2D eigenvalue weighted by Gasteiger charge is 2.12. The van der Waals surface area contributed by atoms with Crippen LogP contribution in [0.4, 0.5) is 0 Å². The zero-order valence-corrected chi connectivity index (χ0v) is 10.1. The van der Waals surface area contributed by atoms with Gasteiger partial charge in [-0.1, -0.05) is 54.6 Å². The van der Waals surface area contributed by atoms with Crippen LogP contribution in [0.2, 0.25) is 0 Å². The first-order valence-corrected chi connectivity index (χ1v) is 5.99. The number of hydrogen-bond acceptors (Lipinski definition) is 1. The zero-order valence-electron chi connectivity index (χ0n) is 10.1. The predicted octanol–water partition coefficient (Wildman–Crippen LogP) is 4.01. The molecule has 0 saturated carbocycles. The molecule has 0 heterocycles. The molecule has 3 aromatic carbocycles. The van der Waals surface area contributed by atoms with Crippen molar-refractivity contribution in [3.8, 4) is 11.1 Å². The third kappa shape index (κ3) is 1.97. The van der Waals surface area contributed by atoms with E-state index in [4.69, 9.17) is 0 Å². The molecule has 2 nitrogen and oxygen atoms in total. The Morgan fingerprint density at radius 1 is 0.895 bits per heavy atom. The molecule has 2 heteroatoms. The van der Waals surface area contributed by atoms with Crippen LogP contribution in [0.15, 0.2) is 60.7 Å². The van der Waals surface area contributed by atoms with E-state index in [1.54, 1.807) is 12.1 Å². The molecule has 0 aliphatic heterocycles. The number of aromatic carboxylic acids is 1. The number of fused-ring (bicyclic) bond motifs is 1. The summed E-state index contributed by atoms with van der Waals surface area (Å²) < 4.78 is 0. The molecule has 19 heavy (non-hydrogen) atoms. The molecule has 0 saturated heterocycles. The van der Waals surface area contributed by atoms with Gasteiger partial charge in [0.25, 0.3) is 0 Å². The van der Waals surface area contributed by atoms with Gasteiger partial charge >= 0.3 is 5.97 Å². The number of carboxylic acid groups (broad SMARTS) is 1. The second kappa shape index (κ2) is 4.58. The summed E-state index contributed by atoms with van der Waals surface area (Å²) in [6.07, 6.45) is 0. The fourth-order valence-corrected chi connectivity index (χ4v) is 2.29. The largest absolute Gasteiger partial charge is 0.478 e. The minimum Gasteiger partial charge on any atom is -0.478 e. The molecule has 1 N–H and O–H groups in total. The van der Waals surface area contributed by atoms with Gasteiger partial charge in [0.15, 0.2) is 0 Å². The van der Waals surface area contributed by atoms with Crippen molar-refractivity contribution < 1.29 is 9.90 Å². The number of hydrogen-bond donors (Lipinski definition) is 1. The third-order valence-electron chi connectivity index (χ3n) is 3.15. The van der Waals surface area contributed by atoms with Gasteiger partial charge in [0.2, 0.25) is 0 Å². The van der Waals surface area contributed by atoms with Crippen molar-refractivity contribution in [3.05, 3.63) is 72.3 Å². The van der Waals surface area contributed by atoms with Gasteiger partial charge in [-0.3, -0.25) is 0 Å². The van der Waals surface area contributed by atoms with Gasteiger partial charge in [0, 0.05) is 0 Å². The highest BCUT2D eigenvalue weighted by molar-refractivity contribution is 6.03. The van der Waals surface area contributed by atoms with E-state index >= 15 is 0 Å². The maximum atomic E-state index is 11.3. The maximum Gasteiger partial charge on any atom is 0.336 e. The standard InChI is InChI=1S/C17H11O2/c18-17(19)16-10-4-3-9-15(16)14-11-5-7-12-6-1-2-8-13(12)14/h1-5,7-11H,(H,18,19). The summed E-state index contributed by atoms with van der Waals surface area (Å²) in [4.78, 5) is 11.3. The van der Waals surface area contributed by atoms with E-state index in [9.17, 15) is 9.90 Å². The average Bonchev–Trinajstić information content (AvgIpc) is 2.46. The van der Waals surface area contributed by atoms with Gasteiger partial charge in [-0.25, -0.2) is 4.79 Å². The molecule has 0 atom stereocenters. The summed E-state index contributed by atoms with van der Waals surface area (Å²) in [7, 11) is 0. The van der Waals surface area contributed by atoms with Crippen LogP contribution in [0.3, 0.4) is 0 Å². The van der Waals surface area contributed by atoms with Crippen molar-refractivity contribution in [1.82, 2.24) is 0 Å². The van der Waals surface area contributed by atoms with Gasteiger partial charge in [0.1, 0.15) is 0 Å². The first-order chi connectivity index (χ1) is 9.27. The Morgan fingerprint density at radius 2 is 1.68 bits per heavy atom. The van der Waals surface area contributed by atoms with E-state index in [1.165, 1.54) is 0 Å². The van der Waals surface area contributed by atoms with Gasteiger partial charge < -0.3 is 5.11 Å². The molecule has 0 aliphatic rings. The van der Waals surface area contributed by atoms with Crippen LogP contribution in [-0.2, 0) is 0 Å². The van der Waals surface area contributed by atoms with E-state index in [0.29, 0.717) is 5.56 Å². The highest BCUT2D eigenvalue weighted by Crippen LogP contribution is 2.30. The van der Waals surface area contributed by atoms with Crippen molar-refractivity contribution >= 4 is 16.7 Å². The third-order valence-corrected chi connectivity index (χ3v) is 3.15. The zero-order chi connectivity index (χ0) is 13.2. The van der Waals surface area contributed by atoms with Crippen LogP contribution in [0.5, 0.6) is 0 Å². The summed E-state index contributed by atoms with van der Waals surface area (Å²) in [5.74, 6) is -0.910. The van der Waals surface area contributed by atoms with E-state index in [1.807, 2.05) is 48.5 Å². The van der Waals surface area contributed by atoms with Crippen LogP contribution in [0, 0.1) is 6.07 Å². The van der Waals surface area contributed by atoms with Crippen LogP contribution in [0.25, 0.3) is 21.9 Å². The summed E-state index contributed by atoms with van der Waals surface area (Å²) in [6.45, 7) is 0. The molecular weight excluding hydrogens is 236 g/mol. The maximum absolute atomic E-state index is 11.3. The minimum absolute atomic E-state index is 0.318. The topological polar surface area (TPSA) is 37.3 Å². The van der Waals surface area contributed by atoms with Crippen molar-refractivity contribution in [2.45, 2.75) is 0 Å². The van der Waals surface area contributed by atoms with Gasteiger partial charge in [-0.2, -0.15) is 0 Å². The summed E-state index contributed by atoms with van der Waals surface area (Å²) >= 11 is 0. The summed E-state index contributed by atoms with van der Waals surface area (Å²) in [5.41, 5.74) is 1.98. The normalized spacial score (nSPS) is 10.5. The first-order valence-electron chi connectivity index (χ1n) is 5.99. The first kappa shape index (κ1) is 11.5. The van der Waals surface area contributed by atoms with Crippen LogP contribution in [-0.4, -0.2) is 11.1 Å². The number of benzene rings is 3. The Balaban J connectivity index is 2.34. The van der Waals surface area contributed by atoms with Crippen molar-refractivity contribution in [2.24, 2.45) is 0 Å². The molecule has 0 amide bonds. The predicted molar refractivity (Wildman–Crippen MR) is 75.2 cm³/mol. The Bertz CT molecular complexity index is 755. The van der Waals surface area contributed by atoms with E-state index < -0.39 is 5.97 Å². The molecule has 0 aliphatic carbocycles. The molecule has 0 aromatic heterocycles. The van der Waals surface area contributed by atoms with Crippen molar-refractivity contribution in [2.75, 3.05) is 0 Å². The molecule has 0 spiro atoms. The van der Waals surface area contributed by atoms with Crippen LogP contribution < -0.4 is 0 Å². The number of rotatable bonds is 2. The second-order valence-corrected chi connectivity index (χ2v) is 4.29. The molecule has 0 bridgehead atoms. The quantitative estimate of drug-likeness (QED) is 0.743. The Kier molecular flexibility index (Phi) is 2.76. The van der Waals surface area contributed by atoms with Gasteiger partial charge in [-0.05, 0) is 34.0 Å². The molecule has 91 valence electrons. The summed E-state index contributed by atoms with van der Waals surface area (Å²) in [6, 6.07) is 21.8. The van der Waals surface area contributed by atoms with Crippen molar-refractivity contribution in [1.29, 1.82) is 0 Å². The number of carbonyl (C=O) groups is 1. The Morgan fingerprint density at radius 3 is 2.53 bits per heavy atom. The lowest BCUT2D eigenvalue weighted by atomic mass is 9.95. The molecule has 0 unspecified atom stereocenters. The molecule has 3 rings (SSSR count). The lowest BCUT2D eigenvalue weighted by Crippen LogP contribution is -1.99. The SMILES string of the molecule is O=C(O)c1ccccc1-c1cccc2[c]cccc12. The summed E-state index contributed by atoms with van der Waals surface area (Å²) in [5, 5.41) is 11.3. The van der Waals surface area contributed by atoms with E-state index in [0.717, 1.165) is 21.9 Å². The Labute approximate surface area is 110 Å². The lowest BCUT2D eigenvalue weighted by Gasteiger charge is -2.09. The lowest BCUT2D eigenvalue weighted by molar-refractivity contribution is 0.0698. The second-order valence-electron chi connectivity index (χ2n) is 4.29.